The van der Waals surface area contributed by atoms with E-state index < -0.39 is 0 Å². The van der Waals surface area contributed by atoms with Crippen LogP contribution in [-0.2, 0) is 6.42 Å². The molecule has 0 amide bonds. The normalized spacial score (nSPS) is 24.1. The van der Waals surface area contributed by atoms with Crippen molar-refractivity contribution in [1.29, 1.82) is 0 Å². The number of hydrogen-bond acceptors (Lipinski definition) is 3. The molecular formula is C20H20N2O2. The van der Waals surface area contributed by atoms with E-state index in [2.05, 4.69) is 42.6 Å². The third kappa shape index (κ3) is 2.39. The highest BCUT2D eigenvalue weighted by Crippen LogP contribution is 2.50. The van der Waals surface area contributed by atoms with Gasteiger partial charge in [0.25, 0.3) is 5.69 Å². The zero-order valence-electron chi connectivity index (χ0n) is 13.6. The first-order valence-electron chi connectivity index (χ1n) is 8.47. The van der Waals surface area contributed by atoms with Crippen LogP contribution < -0.4 is 5.32 Å². The summed E-state index contributed by atoms with van der Waals surface area (Å²) >= 11 is 0. The summed E-state index contributed by atoms with van der Waals surface area (Å²) in [6.45, 7) is 2.18. The number of benzene rings is 2. The number of nitro groups is 1. The second kappa shape index (κ2) is 5.78. The Hall–Kier alpha value is -2.62. The molecule has 0 aromatic heterocycles. The van der Waals surface area contributed by atoms with Crippen molar-refractivity contribution in [1.82, 2.24) is 0 Å². The quantitative estimate of drug-likeness (QED) is 0.493. The molecule has 3 atom stereocenters. The Bertz CT molecular complexity index is 811. The Morgan fingerprint density at radius 2 is 2.00 bits per heavy atom. The summed E-state index contributed by atoms with van der Waals surface area (Å²) in [5.41, 5.74) is 5.19. The fourth-order valence-electron chi connectivity index (χ4n) is 4.00. The summed E-state index contributed by atoms with van der Waals surface area (Å²) < 4.78 is 0. The molecule has 2 aromatic carbocycles. The average molecular weight is 320 g/mol. The Morgan fingerprint density at radius 3 is 2.71 bits per heavy atom. The topological polar surface area (TPSA) is 55.2 Å². The van der Waals surface area contributed by atoms with Crippen LogP contribution in [0.3, 0.4) is 0 Å². The lowest BCUT2D eigenvalue weighted by molar-refractivity contribution is -0.384. The molecule has 1 heterocycles. The van der Waals surface area contributed by atoms with Gasteiger partial charge in [0, 0.05) is 23.7 Å². The molecule has 4 heteroatoms. The first-order valence-corrected chi connectivity index (χ1v) is 8.47. The number of nitrogens with zero attached hydrogens (tertiary/aromatic N) is 1. The molecule has 2 aromatic rings. The SMILES string of the molecule is CCc1ccc2c(c1)[C@@H]1C=CC[C@H]1[C@@H](c1ccc([N+](=O)[O-])cc1)N2. The molecule has 0 unspecified atom stereocenters. The molecule has 1 aliphatic heterocycles. The monoisotopic (exact) mass is 320 g/mol. The fraction of sp³-hybridized carbons (Fsp3) is 0.300. The van der Waals surface area contributed by atoms with Gasteiger partial charge in [-0.1, -0.05) is 43.3 Å². The summed E-state index contributed by atoms with van der Waals surface area (Å²) in [4.78, 5) is 10.5. The predicted octanol–water partition coefficient (Wildman–Crippen LogP) is 4.98. The van der Waals surface area contributed by atoms with Crippen LogP contribution in [0.5, 0.6) is 0 Å². The Labute approximate surface area is 141 Å². The van der Waals surface area contributed by atoms with Gasteiger partial charge in [0.1, 0.15) is 0 Å². The van der Waals surface area contributed by atoms with Crippen molar-refractivity contribution < 1.29 is 4.92 Å². The third-order valence-electron chi connectivity index (χ3n) is 5.30. The fourth-order valence-corrected chi connectivity index (χ4v) is 4.00. The average Bonchev–Trinajstić information content (AvgIpc) is 3.10. The number of hydrogen-bond donors (Lipinski definition) is 1. The van der Waals surface area contributed by atoms with Gasteiger partial charge in [-0.2, -0.15) is 0 Å². The first kappa shape index (κ1) is 14.9. The van der Waals surface area contributed by atoms with E-state index in [1.807, 2.05) is 12.1 Å². The number of aryl methyl sites for hydroxylation is 1. The predicted molar refractivity (Wildman–Crippen MR) is 95.3 cm³/mol. The van der Waals surface area contributed by atoms with Crippen LogP contribution in [0.15, 0.2) is 54.6 Å². The smallest absolute Gasteiger partial charge is 0.269 e. The van der Waals surface area contributed by atoms with Gasteiger partial charge in [0.05, 0.1) is 11.0 Å². The molecule has 0 radical (unpaired) electrons. The first-order chi connectivity index (χ1) is 11.7. The van der Waals surface area contributed by atoms with Crippen molar-refractivity contribution in [2.24, 2.45) is 5.92 Å². The Morgan fingerprint density at radius 1 is 1.21 bits per heavy atom. The van der Waals surface area contributed by atoms with Crippen molar-refractivity contribution in [3.8, 4) is 0 Å². The zero-order chi connectivity index (χ0) is 16.7. The number of allylic oxidation sites excluding steroid dienone is 2. The minimum atomic E-state index is -0.348. The molecule has 24 heavy (non-hydrogen) atoms. The molecule has 1 aliphatic carbocycles. The zero-order valence-corrected chi connectivity index (χ0v) is 13.6. The maximum Gasteiger partial charge on any atom is 0.269 e. The lowest BCUT2D eigenvalue weighted by Gasteiger charge is -2.37. The van der Waals surface area contributed by atoms with E-state index in [0.717, 1.165) is 18.4 Å². The minimum absolute atomic E-state index is 0.142. The van der Waals surface area contributed by atoms with Crippen LogP contribution >= 0.6 is 0 Å². The molecule has 0 bridgehead atoms. The van der Waals surface area contributed by atoms with E-state index in [-0.39, 0.29) is 16.7 Å². The summed E-state index contributed by atoms with van der Waals surface area (Å²) in [6, 6.07) is 13.8. The highest BCUT2D eigenvalue weighted by atomic mass is 16.6. The maximum absolute atomic E-state index is 10.9. The maximum atomic E-state index is 10.9. The standard InChI is InChI=1S/C20H20N2O2/c1-2-13-6-11-19-18(12-13)16-4-3-5-17(16)20(21-19)14-7-9-15(10-8-14)22(23)24/h3-4,6-12,16-17,20-21H,2,5H2,1H3/t16-,17-,20-/m1/s1. The lowest BCUT2D eigenvalue weighted by atomic mass is 9.76. The molecule has 1 N–H and O–H groups in total. The van der Waals surface area contributed by atoms with Gasteiger partial charge in [-0.3, -0.25) is 10.1 Å². The molecule has 2 aliphatic rings. The second-order valence-corrected chi connectivity index (χ2v) is 6.60. The van der Waals surface area contributed by atoms with Crippen molar-refractivity contribution in [3.63, 3.8) is 0 Å². The molecule has 0 fully saturated rings. The van der Waals surface area contributed by atoms with E-state index in [1.54, 1.807) is 12.1 Å². The Balaban J connectivity index is 1.71. The largest absolute Gasteiger partial charge is 0.378 e. The molecule has 122 valence electrons. The van der Waals surface area contributed by atoms with Gasteiger partial charge in [-0.05, 0) is 41.5 Å². The summed E-state index contributed by atoms with van der Waals surface area (Å²) in [7, 11) is 0. The van der Waals surface area contributed by atoms with Crippen LogP contribution in [0.25, 0.3) is 0 Å². The van der Waals surface area contributed by atoms with Crippen molar-refractivity contribution in [2.75, 3.05) is 5.32 Å². The number of nitrogens with one attached hydrogen (secondary N) is 1. The number of nitro benzene ring substituents is 1. The summed E-state index contributed by atoms with van der Waals surface area (Å²) in [5, 5.41) is 14.5. The van der Waals surface area contributed by atoms with E-state index >= 15 is 0 Å². The van der Waals surface area contributed by atoms with Gasteiger partial charge >= 0.3 is 0 Å². The molecule has 0 spiro atoms. The number of rotatable bonds is 3. The van der Waals surface area contributed by atoms with Crippen LogP contribution in [0.4, 0.5) is 11.4 Å². The van der Waals surface area contributed by atoms with Gasteiger partial charge in [0.2, 0.25) is 0 Å². The van der Waals surface area contributed by atoms with Gasteiger partial charge < -0.3 is 5.32 Å². The van der Waals surface area contributed by atoms with E-state index in [1.165, 1.54) is 16.8 Å². The van der Waals surface area contributed by atoms with Crippen molar-refractivity contribution >= 4 is 11.4 Å². The number of fused-ring (bicyclic) bond motifs is 3. The summed E-state index contributed by atoms with van der Waals surface area (Å²) in [5.74, 6) is 0.888. The van der Waals surface area contributed by atoms with Gasteiger partial charge in [-0.15, -0.1) is 0 Å². The minimum Gasteiger partial charge on any atom is -0.378 e. The van der Waals surface area contributed by atoms with Crippen molar-refractivity contribution in [3.05, 3.63) is 81.4 Å². The lowest BCUT2D eigenvalue weighted by Crippen LogP contribution is -2.29. The third-order valence-corrected chi connectivity index (χ3v) is 5.30. The van der Waals surface area contributed by atoms with Crippen molar-refractivity contribution in [2.45, 2.75) is 31.7 Å². The van der Waals surface area contributed by atoms with E-state index in [4.69, 9.17) is 0 Å². The molecule has 0 saturated heterocycles. The van der Waals surface area contributed by atoms with Gasteiger partial charge in [0.15, 0.2) is 0 Å². The number of non-ortho nitro benzene ring substituents is 1. The van der Waals surface area contributed by atoms with E-state index in [0.29, 0.717) is 11.8 Å². The molecule has 4 rings (SSSR count). The van der Waals surface area contributed by atoms with Crippen LogP contribution in [0, 0.1) is 16.0 Å². The Kier molecular flexibility index (Phi) is 3.60. The molecule has 0 saturated carbocycles. The summed E-state index contributed by atoms with van der Waals surface area (Å²) in [6.07, 6.45) is 6.67. The number of anilines is 1. The van der Waals surface area contributed by atoms with Gasteiger partial charge in [-0.25, -0.2) is 0 Å². The molecule has 4 nitrogen and oxygen atoms in total. The van der Waals surface area contributed by atoms with Crippen LogP contribution in [-0.4, -0.2) is 4.92 Å². The van der Waals surface area contributed by atoms with Crippen LogP contribution in [0.2, 0.25) is 0 Å². The van der Waals surface area contributed by atoms with Crippen LogP contribution in [0.1, 0.15) is 42.0 Å². The molecular weight excluding hydrogens is 300 g/mol. The second-order valence-electron chi connectivity index (χ2n) is 6.60. The highest BCUT2D eigenvalue weighted by molar-refractivity contribution is 5.61. The van der Waals surface area contributed by atoms with E-state index in [9.17, 15) is 10.1 Å². The highest BCUT2D eigenvalue weighted by Gasteiger charge is 2.37.